The third-order valence-corrected chi connectivity index (χ3v) is 5.70. The lowest BCUT2D eigenvalue weighted by molar-refractivity contribution is -0.298. The second kappa shape index (κ2) is 2.12. The predicted molar refractivity (Wildman–Crippen MR) is 41.3 cm³/mol. The summed E-state index contributed by atoms with van der Waals surface area (Å²) >= 11 is 0. The summed E-state index contributed by atoms with van der Waals surface area (Å²) in [5, 5.41) is 0. The van der Waals surface area contributed by atoms with Gasteiger partial charge in [-0.1, -0.05) is 6.92 Å². The van der Waals surface area contributed by atoms with Crippen molar-refractivity contribution in [2.75, 3.05) is 0 Å². The highest BCUT2D eigenvalue weighted by atomic mass is 31.2. The Labute approximate surface area is 84.0 Å². The molecule has 0 aromatic rings. The van der Waals surface area contributed by atoms with E-state index in [1.807, 2.05) is 0 Å². The van der Waals surface area contributed by atoms with Crippen LogP contribution in [0.1, 0.15) is 13.3 Å². The Morgan fingerprint density at radius 2 is 1.67 bits per heavy atom. The van der Waals surface area contributed by atoms with Crippen molar-refractivity contribution in [2.45, 2.75) is 31.2 Å². The van der Waals surface area contributed by atoms with Gasteiger partial charge in [0, 0.05) is 6.42 Å². The van der Waals surface area contributed by atoms with Crippen LogP contribution < -0.4 is 0 Å². The highest BCUT2D eigenvalue weighted by Gasteiger charge is 2.90. The second-order valence-electron chi connectivity index (χ2n) is 3.58. The summed E-state index contributed by atoms with van der Waals surface area (Å²) in [4.78, 5) is 0. The van der Waals surface area contributed by atoms with E-state index in [4.69, 9.17) is 27.1 Å². The van der Waals surface area contributed by atoms with Gasteiger partial charge in [0.1, 0.15) is 0 Å². The highest BCUT2D eigenvalue weighted by molar-refractivity contribution is 7.51. The van der Waals surface area contributed by atoms with E-state index in [2.05, 4.69) is 0 Å². The van der Waals surface area contributed by atoms with Gasteiger partial charge in [0.15, 0.2) is 0 Å². The maximum atomic E-state index is 11.5. The van der Waals surface area contributed by atoms with E-state index in [1.165, 1.54) is 0 Å². The van der Waals surface area contributed by atoms with Crippen LogP contribution in [0.15, 0.2) is 0 Å². The minimum absolute atomic E-state index is 0.320. The third-order valence-electron chi connectivity index (χ3n) is 2.77. The van der Waals surface area contributed by atoms with Gasteiger partial charge in [0.2, 0.25) is 12.1 Å². The smallest absolute Gasteiger partial charge is 0.250 e. The van der Waals surface area contributed by atoms with Gasteiger partial charge in [-0.3, -0.25) is 0 Å². The lowest BCUT2D eigenvalue weighted by Gasteiger charge is -2.37. The van der Waals surface area contributed by atoms with E-state index < -0.39 is 33.5 Å². The number of phosphoric ester groups is 2. The monoisotopic (exact) mass is 256 g/mol. The van der Waals surface area contributed by atoms with Crippen LogP contribution in [0.4, 0.5) is 0 Å². The molecule has 4 bridgehead atoms. The van der Waals surface area contributed by atoms with Crippen molar-refractivity contribution in [2.24, 2.45) is 0 Å². The zero-order valence-electron chi connectivity index (χ0n) is 7.44. The molecule has 10 heteroatoms. The van der Waals surface area contributed by atoms with E-state index in [0.717, 1.165) is 0 Å². The molecule has 6 rings (SSSR count). The minimum atomic E-state index is -3.54. The van der Waals surface area contributed by atoms with Crippen molar-refractivity contribution in [3.05, 3.63) is 0 Å². The average molecular weight is 256 g/mol. The van der Waals surface area contributed by atoms with E-state index in [9.17, 15) is 9.13 Å². The van der Waals surface area contributed by atoms with Crippen LogP contribution in [0.2, 0.25) is 0 Å². The summed E-state index contributed by atoms with van der Waals surface area (Å²) in [7, 11) is -7.06. The molecule has 0 saturated carbocycles. The largest absolute Gasteiger partial charge is 0.483 e. The van der Waals surface area contributed by atoms with Gasteiger partial charge in [-0.25, -0.2) is 36.3 Å². The molecule has 0 aliphatic carbocycles. The summed E-state index contributed by atoms with van der Waals surface area (Å²) in [6.45, 7) is 1.73. The molecule has 6 heterocycles. The maximum Gasteiger partial charge on any atom is 0.483 e. The fourth-order valence-electron chi connectivity index (χ4n) is 2.09. The standard InChI is InChI=1S/C5H6O8P2/c1-2-4-5(13-15(7,10-4)11-4)3-8-14(6,9-3)12-5/h3H,2H2,1H3. The minimum Gasteiger partial charge on any atom is -0.250 e. The van der Waals surface area contributed by atoms with Crippen molar-refractivity contribution >= 4 is 15.6 Å². The molecule has 84 valence electrons. The van der Waals surface area contributed by atoms with Crippen LogP contribution in [0, 0.1) is 0 Å². The van der Waals surface area contributed by atoms with Crippen molar-refractivity contribution in [3.8, 4) is 0 Å². The SMILES string of the molecule is CCC12OP(=O)(O1)OC21OP2(=O)OC1O2. The molecular formula is C5H6O8P2. The van der Waals surface area contributed by atoms with Crippen LogP contribution in [-0.2, 0) is 36.3 Å². The summed E-state index contributed by atoms with van der Waals surface area (Å²) in [6, 6.07) is 0. The van der Waals surface area contributed by atoms with E-state index in [-0.39, 0.29) is 0 Å². The molecule has 1 atom stereocenters. The number of phosphoric acid groups is 2. The molecule has 6 fully saturated rings. The summed E-state index contributed by atoms with van der Waals surface area (Å²) in [6.07, 6.45) is -0.679. The van der Waals surface area contributed by atoms with Gasteiger partial charge in [0.05, 0.1) is 0 Å². The summed E-state index contributed by atoms with van der Waals surface area (Å²) in [5.41, 5.74) is 0. The first kappa shape index (κ1) is 9.27. The third kappa shape index (κ3) is 0.779. The van der Waals surface area contributed by atoms with Crippen molar-refractivity contribution in [1.82, 2.24) is 0 Å². The summed E-state index contributed by atoms with van der Waals surface area (Å²) in [5.74, 6) is -2.91. The Morgan fingerprint density at radius 3 is 2.13 bits per heavy atom. The van der Waals surface area contributed by atoms with Gasteiger partial charge in [-0.05, 0) is 0 Å². The van der Waals surface area contributed by atoms with Gasteiger partial charge >= 0.3 is 15.6 Å². The van der Waals surface area contributed by atoms with E-state index >= 15 is 0 Å². The Kier molecular flexibility index (Phi) is 1.31. The molecule has 1 unspecified atom stereocenters. The lowest BCUT2D eigenvalue weighted by Crippen LogP contribution is -2.57. The fraction of sp³-hybridized carbons (Fsp3) is 1.00. The van der Waals surface area contributed by atoms with Gasteiger partial charge in [-0.2, -0.15) is 0 Å². The molecule has 1 spiro atoms. The van der Waals surface area contributed by atoms with Gasteiger partial charge < -0.3 is 0 Å². The molecule has 6 saturated heterocycles. The second-order valence-corrected chi connectivity index (χ2v) is 6.52. The zero-order chi connectivity index (χ0) is 10.5. The average Bonchev–Trinajstić information content (AvgIpc) is 2.63. The molecule has 8 nitrogen and oxygen atoms in total. The van der Waals surface area contributed by atoms with Gasteiger partial charge in [-0.15, -0.1) is 0 Å². The number of hydrogen-bond donors (Lipinski definition) is 0. The van der Waals surface area contributed by atoms with Crippen LogP contribution >= 0.6 is 15.6 Å². The molecule has 0 aromatic heterocycles. The summed E-state index contributed by atoms with van der Waals surface area (Å²) < 4.78 is 52.9. The van der Waals surface area contributed by atoms with Crippen LogP contribution in [0.25, 0.3) is 0 Å². The highest BCUT2D eigenvalue weighted by Crippen LogP contribution is 2.87. The van der Waals surface area contributed by atoms with Gasteiger partial charge in [0.25, 0.3) is 5.79 Å². The van der Waals surface area contributed by atoms with Crippen LogP contribution in [0.3, 0.4) is 0 Å². The molecule has 15 heavy (non-hydrogen) atoms. The molecule has 6 aliphatic heterocycles. The Balaban J connectivity index is 1.85. The fourth-order valence-corrected chi connectivity index (χ4v) is 5.51. The Hall–Kier alpha value is 0.220. The molecule has 0 amide bonds. The first-order valence-corrected chi connectivity index (χ1v) is 7.27. The molecule has 0 N–H and O–H groups in total. The van der Waals surface area contributed by atoms with Crippen LogP contribution in [0.5, 0.6) is 0 Å². The Bertz CT molecular complexity index is 436. The quantitative estimate of drug-likeness (QED) is 0.651. The van der Waals surface area contributed by atoms with Crippen LogP contribution in [-0.4, -0.2) is 17.9 Å². The molecule has 6 aliphatic rings. The molecule has 0 aromatic carbocycles. The first-order valence-electron chi connectivity index (χ1n) is 4.35. The normalized spacial score (nSPS) is 69.3. The number of hydrogen-bond acceptors (Lipinski definition) is 8. The predicted octanol–water partition coefficient (Wildman–Crippen LogP) is 1.49. The lowest BCUT2D eigenvalue weighted by atomic mass is 10.0. The Morgan fingerprint density at radius 1 is 1.07 bits per heavy atom. The molecule has 0 radical (unpaired) electrons. The van der Waals surface area contributed by atoms with E-state index in [1.54, 1.807) is 6.92 Å². The van der Waals surface area contributed by atoms with Crippen molar-refractivity contribution < 1.29 is 36.3 Å². The molecular weight excluding hydrogens is 250 g/mol. The van der Waals surface area contributed by atoms with Crippen molar-refractivity contribution in [1.29, 1.82) is 0 Å². The topological polar surface area (TPSA) is 89.5 Å². The zero-order valence-corrected chi connectivity index (χ0v) is 9.23. The maximum absolute atomic E-state index is 11.5. The first-order chi connectivity index (χ1) is 6.95. The number of rotatable bonds is 1. The van der Waals surface area contributed by atoms with Crippen molar-refractivity contribution in [3.63, 3.8) is 0 Å². The van der Waals surface area contributed by atoms with E-state index in [0.29, 0.717) is 6.42 Å².